The number of esters is 1. The number of hydrogen-bond acceptors (Lipinski definition) is 8. The molecule has 1 unspecified atom stereocenters. The summed E-state index contributed by atoms with van der Waals surface area (Å²) in [7, 11) is 3.11. The lowest BCUT2D eigenvalue weighted by Gasteiger charge is -2.26. The molecule has 1 aliphatic heterocycles. The van der Waals surface area contributed by atoms with E-state index >= 15 is 0 Å². The number of ether oxygens (including phenoxy) is 4. The topological polar surface area (TPSA) is 88.4 Å². The van der Waals surface area contributed by atoms with Crippen molar-refractivity contribution in [2.45, 2.75) is 26.5 Å². The summed E-state index contributed by atoms with van der Waals surface area (Å²) < 4.78 is 24.9. The van der Waals surface area contributed by atoms with Crippen LogP contribution >= 0.6 is 11.3 Å². The number of para-hydroxylation sites is 1. The molecule has 1 atom stereocenters. The van der Waals surface area contributed by atoms with Crippen LogP contribution in [0.15, 0.2) is 106 Å². The molecule has 0 fully saturated rings. The zero-order valence-electron chi connectivity index (χ0n) is 25.4. The Bertz CT molecular complexity index is 2120. The molecule has 1 aromatic heterocycles. The van der Waals surface area contributed by atoms with Gasteiger partial charge in [0.25, 0.3) is 5.56 Å². The number of benzene rings is 4. The van der Waals surface area contributed by atoms with Gasteiger partial charge in [0.05, 0.1) is 36.6 Å². The fourth-order valence-corrected chi connectivity index (χ4v) is 6.62. The largest absolute Gasteiger partial charge is 0.497 e. The van der Waals surface area contributed by atoms with Crippen molar-refractivity contribution in [2.24, 2.45) is 4.99 Å². The van der Waals surface area contributed by atoms with Crippen molar-refractivity contribution in [3.8, 4) is 17.2 Å². The van der Waals surface area contributed by atoms with E-state index in [1.807, 2.05) is 48.5 Å². The Morgan fingerprint density at radius 3 is 2.53 bits per heavy atom. The lowest BCUT2D eigenvalue weighted by molar-refractivity contribution is -0.139. The molecule has 0 radical (unpaired) electrons. The SMILES string of the molecule is CCOC(=O)C1=C(C)N=c2sc(=Cc3ccccc3OCc3cccc4ccccc34)c(=O)n2C1c1cc(OC)ccc1OC. The van der Waals surface area contributed by atoms with E-state index in [0.717, 1.165) is 21.9 Å². The van der Waals surface area contributed by atoms with Crippen LogP contribution in [0.3, 0.4) is 0 Å². The van der Waals surface area contributed by atoms with E-state index in [-0.39, 0.29) is 17.7 Å². The van der Waals surface area contributed by atoms with Crippen molar-refractivity contribution in [1.29, 1.82) is 0 Å². The van der Waals surface area contributed by atoms with E-state index in [1.165, 1.54) is 15.9 Å². The second-order valence-electron chi connectivity index (χ2n) is 10.4. The van der Waals surface area contributed by atoms with Crippen molar-refractivity contribution in [2.75, 3.05) is 20.8 Å². The Hall–Kier alpha value is -5.15. The molecule has 1 aliphatic rings. The molecule has 0 bridgehead atoms. The number of allylic oxidation sites excluding steroid dienone is 1. The number of aromatic nitrogens is 1. The third kappa shape index (κ3) is 5.74. The highest BCUT2D eigenvalue weighted by Gasteiger charge is 2.35. The van der Waals surface area contributed by atoms with Crippen LogP contribution in [0.4, 0.5) is 0 Å². The predicted octanol–water partition coefficient (Wildman–Crippen LogP) is 5.55. The number of fused-ring (bicyclic) bond motifs is 2. The highest BCUT2D eigenvalue weighted by molar-refractivity contribution is 7.07. The van der Waals surface area contributed by atoms with Crippen LogP contribution in [0.25, 0.3) is 16.8 Å². The van der Waals surface area contributed by atoms with Gasteiger partial charge in [0.1, 0.15) is 29.9 Å². The highest BCUT2D eigenvalue weighted by Crippen LogP contribution is 2.38. The molecule has 0 aliphatic carbocycles. The second-order valence-corrected chi connectivity index (χ2v) is 11.4. The average Bonchev–Trinajstić information content (AvgIpc) is 3.37. The zero-order valence-corrected chi connectivity index (χ0v) is 26.2. The number of carbonyl (C=O) groups excluding carboxylic acids is 1. The molecule has 0 amide bonds. The van der Waals surface area contributed by atoms with Gasteiger partial charge in [-0.05, 0) is 60.5 Å². The molecule has 0 saturated heterocycles. The molecular weight excluding hydrogens is 588 g/mol. The lowest BCUT2D eigenvalue weighted by Crippen LogP contribution is -2.40. The number of rotatable bonds is 9. The molecule has 0 spiro atoms. The summed E-state index contributed by atoms with van der Waals surface area (Å²) in [5.41, 5.74) is 2.83. The van der Waals surface area contributed by atoms with Gasteiger partial charge in [-0.3, -0.25) is 9.36 Å². The molecular formula is C36H32N2O6S. The summed E-state index contributed by atoms with van der Waals surface area (Å²) in [5.74, 6) is 1.16. The maximum absolute atomic E-state index is 14.2. The van der Waals surface area contributed by atoms with Crippen LogP contribution in [0.5, 0.6) is 17.2 Å². The first-order chi connectivity index (χ1) is 21.9. The van der Waals surface area contributed by atoms with E-state index in [0.29, 0.717) is 44.4 Å². The molecule has 45 heavy (non-hydrogen) atoms. The minimum Gasteiger partial charge on any atom is -0.497 e. The number of nitrogens with zero attached hydrogens (tertiary/aromatic N) is 2. The van der Waals surface area contributed by atoms with E-state index in [9.17, 15) is 9.59 Å². The zero-order chi connectivity index (χ0) is 31.5. The number of methoxy groups -OCH3 is 2. The lowest BCUT2D eigenvalue weighted by atomic mass is 9.94. The summed E-state index contributed by atoms with van der Waals surface area (Å²) in [6.07, 6.45) is 1.81. The van der Waals surface area contributed by atoms with Crippen molar-refractivity contribution in [3.63, 3.8) is 0 Å². The normalized spacial score (nSPS) is 14.6. The number of hydrogen-bond donors (Lipinski definition) is 0. The van der Waals surface area contributed by atoms with Gasteiger partial charge in [-0.1, -0.05) is 72.0 Å². The van der Waals surface area contributed by atoms with Crippen LogP contribution in [-0.4, -0.2) is 31.4 Å². The van der Waals surface area contributed by atoms with Crippen LogP contribution in [0.1, 0.15) is 36.6 Å². The maximum Gasteiger partial charge on any atom is 0.338 e. The molecule has 6 rings (SSSR count). The first kappa shape index (κ1) is 29.9. The second kappa shape index (κ2) is 12.8. The first-order valence-electron chi connectivity index (χ1n) is 14.5. The van der Waals surface area contributed by atoms with Gasteiger partial charge in [-0.25, -0.2) is 9.79 Å². The fraction of sp³-hybridized carbons (Fsp3) is 0.194. The Morgan fingerprint density at radius 1 is 0.956 bits per heavy atom. The fourth-order valence-electron chi connectivity index (χ4n) is 5.59. The first-order valence-corrected chi connectivity index (χ1v) is 15.3. The van der Waals surface area contributed by atoms with Gasteiger partial charge in [0, 0.05) is 11.1 Å². The maximum atomic E-state index is 14.2. The minimum atomic E-state index is -0.842. The highest BCUT2D eigenvalue weighted by atomic mass is 32.1. The molecule has 9 heteroatoms. The average molecular weight is 621 g/mol. The van der Waals surface area contributed by atoms with Gasteiger partial charge < -0.3 is 18.9 Å². The van der Waals surface area contributed by atoms with E-state index in [1.54, 1.807) is 46.3 Å². The smallest absolute Gasteiger partial charge is 0.338 e. The molecule has 5 aromatic rings. The van der Waals surface area contributed by atoms with Gasteiger partial charge in [-0.15, -0.1) is 0 Å². The van der Waals surface area contributed by atoms with Crippen molar-refractivity contribution >= 4 is 34.2 Å². The molecule has 0 saturated carbocycles. The van der Waals surface area contributed by atoms with Crippen LogP contribution in [0.2, 0.25) is 0 Å². The third-order valence-corrected chi connectivity index (χ3v) is 8.70. The van der Waals surface area contributed by atoms with E-state index in [4.69, 9.17) is 23.9 Å². The quantitative estimate of drug-likeness (QED) is 0.201. The summed E-state index contributed by atoms with van der Waals surface area (Å²) in [6, 6.07) is 26.4. The Labute approximate surface area is 264 Å². The van der Waals surface area contributed by atoms with E-state index in [2.05, 4.69) is 24.3 Å². The summed E-state index contributed by atoms with van der Waals surface area (Å²) in [5, 5.41) is 2.28. The van der Waals surface area contributed by atoms with E-state index < -0.39 is 12.0 Å². The van der Waals surface area contributed by atoms with Crippen molar-refractivity contribution < 1.29 is 23.7 Å². The monoisotopic (exact) mass is 620 g/mol. The van der Waals surface area contributed by atoms with Gasteiger partial charge in [0.15, 0.2) is 4.80 Å². The van der Waals surface area contributed by atoms with Crippen LogP contribution in [-0.2, 0) is 16.1 Å². The minimum absolute atomic E-state index is 0.178. The summed E-state index contributed by atoms with van der Waals surface area (Å²) in [4.78, 5) is 32.7. The molecule has 4 aromatic carbocycles. The van der Waals surface area contributed by atoms with Gasteiger partial charge in [-0.2, -0.15) is 0 Å². The Morgan fingerprint density at radius 2 is 1.73 bits per heavy atom. The standard InChI is InChI=1S/C36H32N2O6S/c1-5-43-35(40)32-22(2)37-36-38(33(32)28-20-26(41-3)17-18-30(28)42-4)34(39)31(45-36)19-24-12-7-9-16-29(24)44-21-25-14-10-13-23-11-6-8-15-27(23)25/h6-20,33H,5,21H2,1-4H3. The molecule has 2 heterocycles. The van der Waals surface area contributed by atoms with Crippen molar-refractivity contribution in [3.05, 3.63) is 133 Å². The summed E-state index contributed by atoms with van der Waals surface area (Å²) in [6.45, 7) is 4.03. The number of thiazole rings is 1. The molecule has 0 N–H and O–H groups in total. The van der Waals surface area contributed by atoms with Gasteiger partial charge in [0.2, 0.25) is 0 Å². The van der Waals surface area contributed by atoms with Crippen LogP contribution < -0.4 is 29.1 Å². The Kier molecular flexibility index (Phi) is 8.53. The molecule has 228 valence electrons. The van der Waals surface area contributed by atoms with Gasteiger partial charge >= 0.3 is 5.97 Å². The van der Waals surface area contributed by atoms with Crippen molar-refractivity contribution in [1.82, 2.24) is 4.57 Å². The Balaban J connectivity index is 1.46. The predicted molar refractivity (Wildman–Crippen MR) is 175 cm³/mol. The molecule has 8 nitrogen and oxygen atoms in total. The third-order valence-electron chi connectivity index (χ3n) is 7.72. The van der Waals surface area contributed by atoms with Crippen LogP contribution in [0, 0.1) is 0 Å². The number of carbonyl (C=O) groups is 1. The summed E-state index contributed by atoms with van der Waals surface area (Å²) >= 11 is 1.25.